The van der Waals surface area contributed by atoms with Crippen LogP contribution in [0.5, 0.6) is 0 Å². The molecule has 1 unspecified atom stereocenters. The Morgan fingerprint density at radius 1 is 1.62 bits per heavy atom. The van der Waals surface area contributed by atoms with Crippen LogP contribution < -0.4 is 11.1 Å². The normalized spacial score (nSPS) is 13.5. The van der Waals surface area contributed by atoms with E-state index in [0.717, 1.165) is 4.88 Å². The first kappa shape index (κ1) is 13.1. The van der Waals surface area contributed by atoms with Gasteiger partial charge in [-0.25, -0.2) is 0 Å². The molecule has 5 N–H and O–H groups in total. The summed E-state index contributed by atoms with van der Waals surface area (Å²) in [5, 5.41) is 22.4. The summed E-state index contributed by atoms with van der Waals surface area (Å²) in [6.45, 7) is 0.866. The number of aliphatic hydroxyl groups excluding tert-OH is 2. The maximum absolute atomic E-state index is 11.7. The molecule has 90 valence electrons. The summed E-state index contributed by atoms with van der Waals surface area (Å²) in [5.41, 5.74) is 4.70. The number of nitrogens with one attached hydrogen (secondary N) is 1. The van der Waals surface area contributed by atoms with Crippen LogP contribution in [0.3, 0.4) is 0 Å². The second kappa shape index (κ2) is 5.40. The molecule has 6 heteroatoms. The zero-order chi connectivity index (χ0) is 12.2. The molecule has 0 saturated carbocycles. The van der Waals surface area contributed by atoms with Gasteiger partial charge in [-0.05, 0) is 18.4 Å². The van der Waals surface area contributed by atoms with Crippen LogP contribution in [0.25, 0.3) is 0 Å². The fourth-order valence-corrected chi connectivity index (χ4v) is 1.83. The highest BCUT2D eigenvalue weighted by molar-refractivity contribution is 7.10. The molecule has 0 aromatic carbocycles. The van der Waals surface area contributed by atoms with E-state index >= 15 is 0 Å². The molecule has 0 saturated heterocycles. The van der Waals surface area contributed by atoms with Gasteiger partial charge in [0.05, 0.1) is 18.8 Å². The fourth-order valence-electron chi connectivity index (χ4n) is 1.10. The first-order valence-electron chi connectivity index (χ1n) is 4.85. The molecule has 0 fully saturated rings. The van der Waals surface area contributed by atoms with E-state index in [0.29, 0.717) is 0 Å². The highest BCUT2D eigenvalue weighted by Gasteiger charge is 2.27. The fraction of sp³-hybridized carbons (Fsp3) is 0.500. The number of carbonyl (C=O) groups excluding carboxylic acids is 1. The lowest BCUT2D eigenvalue weighted by molar-refractivity contribution is -0.125. The van der Waals surface area contributed by atoms with Gasteiger partial charge >= 0.3 is 0 Å². The molecule has 16 heavy (non-hydrogen) atoms. The van der Waals surface area contributed by atoms with Gasteiger partial charge in [0.1, 0.15) is 6.04 Å². The van der Waals surface area contributed by atoms with Gasteiger partial charge in [0.2, 0.25) is 5.91 Å². The SMILES string of the molecule is CC(CO)(CO)NC(=O)C(N)c1cccs1. The van der Waals surface area contributed by atoms with Crippen molar-refractivity contribution in [2.45, 2.75) is 18.5 Å². The van der Waals surface area contributed by atoms with Gasteiger partial charge in [0.25, 0.3) is 0 Å². The van der Waals surface area contributed by atoms with Crippen molar-refractivity contribution in [2.24, 2.45) is 5.73 Å². The molecule has 0 aliphatic carbocycles. The van der Waals surface area contributed by atoms with E-state index < -0.39 is 17.5 Å². The maximum Gasteiger partial charge on any atom is 0.242 e. The number of aliphatic hydroxyl groups is 2. The number of rotatable bonds is 5. The van der Waals surface area contributed by atoms with Crippen molar-refractivity contribution < 1.29 is 15.0 Å². The van der Waals surface area contributed by atoms with E-state index in [1.807, 2.05) is 11.4 Å². The molecular weight excluding hydrogens is 228 g/mol. The summed E-state index contributed by atoms with van der Waals surface area (Å²) < 4.78 is 0. The largest absolute Gasteiger partial charge is 0.394 e. The monoisotopic (exact) mass is 244 g/mol. The minimum atomic E-state index is -1.04. The number of nitrogens with two attached hydrogens (primary N) is 1. The third kappa shape index (κ3) is 3.02. The summed E-state index contributed by atoms with van der Waals surface area (Å²) in [6.07, 6.45) is 0. The molecule has 0 spiro atoms. The van der Waals surface area contributed by atoms with Gasteiger partial charge in [-0.2, -0.15) is 0 Å². The summed E-state index contributed by atoms with van der Waals surface area (Å²) in [6, 6.07) is 2.81. The zero-order valence-electron chi connectivity index (χ0n) is 9.01. The van der Waals surface area contributed by atoms with E-state index in [-0.39, 0.29) is 13.2 Å². The molecule has 1 aromatic rings. The lowest BCUT2D eigenvalue weighted by Crippen LogP contribution is -2.54. The van der Waals surface area contributed by atoms with Crippen LogP contribution in [-0.2, 0) is 4.79 Å². The van der Waals surface area contributed by atoms with Gasteiger partial charge in [-0.15, -0.1) is 11.3 Å². The van der Waals surface area contributed by atoms with Crippen molar-refractivity contribution in [3.05, 3.63) is 22.4 Å². The van der Waals surface area contributed by atoms with Crippen LogP contribution in [0.15, 0.2) is 17.5 Å². The smallest absolute Gasteiger partial charge is 0.242 e. The topological polar surface area (TPSA) is 95.6 Å². The van der Waals surface area contributed by atoms with E-state index in [9.17, 15) is 4.79 Å². The molecule has 0 aliphatic heterocycles. The summed E-state index contributed by atoms with van der Waals surface area (Å²) in [4.78, 5) is 12.5. The minimum Gasteiger partial charge on any atom is -0.394 e. The third-order valence-electron chi connectivity index (χ3n) is 2.26. The van der Waals surface area contributed by atoms with Gasteiger partial charge < -0.3 is 21.3 Å². The Balaban J connectivity index is 2.65. The van der Waals surface area contributed by atoms with E-state index in [2.05, 4.69) is 5.32 Å². The molecule has 1 amide bonds. The quantitative estimate of drug-likeness (QED) is 0.567. The van der Waals surface area contributed by atoms with Gasteiger partial charge in [0, 0.05) is 4.88 Å². The number of hydrogen-bond acceptors (Lipinski definition) is 5. The lowest BCUT2D eigenvalue weighted by Gasteiger charge is -2.27. The molecule has 1 rings (SSSR count). The van der Waals surface area contributed by atoms with Crippen molar-refractivity contribution in [3.8, 4) is 0 Å². The van der Waals surface area contributed by atoms with E-state index in [1.165, 1.54) is 11.3 Å². The van der Waals surface area contributed by atoms with E-state index in [4.69, 9.17) is 15.9 Å². The second-order valence-corrected chi connectivity index (χ2v) is 4.84. The minimum absolute atomic E-state index is 0.341. The van der Waals surface area contributed by atoms with Gasteiger partial charge in [-0.1, -0.05) is 6.07 Å². The number of carbonyl (C=O) groups is 1. The molecule has 5 nitrogen and oxygen atoms in total. The third-order valence-corrected chi connectivity index (χ3v) is 3.21. The van der Waals surface area contributed by atoms with Gasteiger partial charge in [-0.3, -0.25) is 4.79 Å². The highest BCUT2D eigenvalue weighted by Crippen LogP contribution is 2.17. The molecule has 1 heterocycles. The Labute approximate surface area is 97.9 Å². The Kier molecular flexibility index (Phi) is 4.43. The summed E-state index contributed by atoms with van der Waals surface area (Å²) in [5.74, 6) is -0.409. The first-order chi connectivity index (χ1) is 7.52. The molecule has 1 aromatic heterocycles. The summed E-state index contributed by atoms with van der Waals surface area (Å²) >= 11 is 1.39. The van der Waals surface area contributed by atoms with Crippen LogP contribution in [0.4, 0.5) is 0 Å². The molecule has 0 bridgehead atoms. The Bertz CT molecular complexity index is 336. The van der Waals surface area contributed by atoms with Crippen molar-refractivity contribution in [3.63, 3.8) is 0 Å². The first-order valence-corrected chi connectivity index (χ1v) is 5.73. The standard InChI is InChI=1S/C10H16N2O3S/c1-10(5-13,6-14)12-9(15)8(11)7-3-2-4-16-7/h2-4,8,13-14H,5-6,11H2,1H3,(H,12,15). The second-order valence-electron chi connectivity index (χ2n) is 3.86. The van der Waals surface area contributed by atoms with E-state index in [1.54, 1.807) is 13.0 Å². The van der Waals surface area contributed by atoms with Gasteiger partial charge in [0.15, 0.2) is 0 Å². The van der Waals surface area contributed by atoms with Crippen LogP contribution in [0.1, 0.15) is 17.8 Å². The summed E-state index contributed by atoms with van der Waals surface area (Å²) in [7, 11) is 0. The highest BCUT2D eigenvalue weighted by atomic mass is 32.1. The Morgan fingerprint density at radius 2 is 2.25 bits per heavy atom. The number of thiophene rings is 1. The zero-order valence-corrected chi connectivity index (χ0v) is 9.83. The maximum atomic E-state index is 11.7. The van der Waals surface area contributed by atoms with Crippen LogP contribution in [0.2, 0.25) is 0 Å². The van der Waals surface area contributed by atoms with Crippen LogP contribution >= 0.6 is 11.3 Å². The van der Waals surface area contributed by atoms with Crippen molar-refractivity contribution in [2.75, 3.05) is 13.2 Å². The lowest BCUT2D eigenvalue weighted by atomic mass is 10.0. The molecular formula is C10H16N2O3S. The molecule has 0 radical (unpaired) electrons. The molecule has 0 aliphatic rings. The average molecular weight is 244 g/mol. The van der Waals surface area contributed by atoms with Crippen LogP contribution in [0, 0.1) is 0 Å². The average Bonchev–Trinajstić information content (AvgIpc) is 2.81. The van der Waals surface area contributed by atoms with Crippen molar-refractivity contribution in [1.82, 2.24) is 5.32 Å². The Morgan fingerprint density at radius 3 is 2.69 bits per heavy atom. The van der Waals surface area contributed by atoms with Crippen LogP contribution in [-0.4, -0.2) is 34.9 Å². The number of hydrogen-bond donors (Lipinski definition) is 4. The predicted octanol–water partition coefficient (Wildman–Crippen LogP) is -0.393. The Hall–Kier alpha value is -0.950. The van der Waals surface area contributed by atoms with Crippen molar-refractivity contribution >= 4 is 17.2 Å². The molecule has 1 atom stereocenters. The van der Waals surface area contributed by atoms with Crippen molar-refractivity contribution in [1.29, 1.82) is 0 Å². The predicted molar refractivity (Wildman–Crippen MR) is 62.0 cm³/mol. The number of amides is 1.